The van der Waals surface area contributed by atoms with Gasteiger partial charge in [0.1, 0.15) is 5.75 Å². The van der Waals surface area contributed by atoms with Crippen molar-refractivity contribution in [2.24, 2.45) is 0 Å². The number of carboxylic acid groups (broad SMARTS) is 1. The Hall–Kier alpha value is -3.02. The van der Waals surface area contributed by atoms with Gasteiger partial charge < -0.3 is 9.84 Å². The minimum Gasteiger partial charge on any atom is -0.482 e. The molecule has 1 N–H and O–H groups in total. The fraction of sp³-hybridized carbons (Fsp3) is 0.0588. The summed E-state index contributed by atoms with van der Waals surface area (Å²) >= 11 is 0. The summed E-state index contributed by atoms with van der Waals surface area (Å²) in [5, 5.41) is 8.50. The number of carboxylic acids is 1. The lowest BCUT2D eigenvalue weighted by molar-refractivity contribution is -0.139. The number of hydrogen-bond acceptors (Lipinski definition) is 3. The van der Waals surface area contributed by atoms with E-state index >= 15 is 0 Å². The molecule has 23 heavy (non-hydrogen) atoms. The van der Waals surface area contributed by atoms with E-state index in [1.165, 1.54) is 18.2 Å². The van der Waals surface area contributed by atoms with Crippen LogP contribution in [0.15, 0.2) is 48.5 Å². The van der Waals surface area contributed by atoms with E-state index in [2.05, 4.69) is 0 Å². The second-order valence-corrected chi connectivity index (χ2v) is 4.58. The summed E-state index contributed by atoms with van der Waals surface area (Å²) in [6.45, 7) is -0.441. The second-order valence-electron chi connectivity index (χ2n) is 4.58. The smallest absolute Gasteiger partial charge is 0.341 e. The van der Waals surface area contributed by atoms with E-state index in [1.807, 2.05) is 0 Å². The van der Waals surface area contributed by atoms with Gasteiger partial charge in [0.15, 0.2) is 24.0 Å². The molecule has 6 heteroatoms. The zero-order chi connectivity index (χ0) is 16.8. The Morgan fingerprint density at radius 2 is 1.74 bits per heavy atom. The Morgan fingerprint density at radius 3 is 2.35 bits per heavy atom. The summed E-state index contributed by atoms with van der Waals surface area (Å²) in [6, 6.07) is 9.32. The molecule has 0 aromatic heterocycles. The van der Waals surface area contributed by atoms with E-state index in [0.29, 0.717) is 11.3 Å². The first-order valence-corrected chi connectivity index (χ1v) is 6.58. The van der Waals surface area contributed by atoms with Crippen molar-refractivity contribution in [1.29, 1.82) is 0 Å². The number of ether oxygens (including phenoxy) is 1. The van der Waals surface area contributed by atoms with Gasteiger partial charge in [-0.2, -0.15) is 0 Å². The van der Waals surface area contributed by atoms with Crippen LogP contribution < -0.4 is 4.74 Å². The molecule has 0 bridgehead atoms. The summed E-state index contributed by atoms with van der Waals surface area (Å²) in [4.78, 5) is 22.2. The van der Waals surface area contributed by atoms with Crippen LogP contribution in [0.3, 0.4) is 0 Å². The van der Waals surface area contributed by atoms with Crippen LogP contribution in [0.5, 0.6) is 5.75 Å². The molecule has 0 fully saturated rings. The number of ketones is 1. The van der Waals surface area contributed by atoms with Crippen molar-refractivity contribution < 1.29 is 28.2 Å². The highest BCUT2D eigenvalue weighted by Gasteiger charge is 2.07. The van der Waals surface area contributed by atoms with Crippen molar-refractivity contribution in [3.05, 3.63) is 71.3 Å². The first kappa shape index (κ1) is 16.4. The zero-order valence-corrected chi connectivity index (χ0v) is 11.8. The molecule has 118 valence electrons. The Kier molecular flexibility index (Phi) is 5.19. The molecule has 0 aliphatic rings. The Morgan fingerprint density at radius 1 is 1.04 bits per heavy atom. The first-order chi connectivity index (χ1) is 11.0. The molecule has 0 spiro atoms. The quantitative estimate of drug-likeness (QED) is 0.655. The lowest BCUT2D eigenvalue weighted by Gasteiger charge is -2.02. The van der Waals surface area contributed by atoms with Crippen LogP contribution in [-0.4, -0.2) is 23.5 Å². The van der Waals surface area contributed by atoms with E-state index in [-0.39, 0.29) is 5.56 Å². The summed E-state index contributed by atoms with van der Waals surface area (Å²) in [5.41, 5.74) is 0.713. The van der Waals surface area contributed by atoms with Gasteiger partial charge >= 0.3 is 5.97 Å². The molecule has 0 saturated heterocycles. The lowest BCUT2D eigenvalue weighted by Crippen LogP contribution is -2.09. The number of allylic oxidation sites excluding steroid dienone is 1. The van der Waals surface area contributed by atoms with Crippen molar-refractivity contribution in [2.75, 3.05) is 6.61 Å². The standard InChI is InChI=1S/C17H12F2O4/c18-14-7-4-12(9-15(14)19)16(20)8-3-11-1-5-13(6-2-11)23-10-17(21)22/h1-9H,10H2,(H,21,22)/b8-3+. The molecule has 0 heterocycles. The number of aliphatic carboxylic acids is 1. The molecule has 0 unspecified atom stereocenters. The fourth-order valence-corrected chi connectivity index (χ4v) is 1.74. The number of rotatable bonds is 6. The highest BCUT2D eigenvalue weighted by Crippen LogP contribution is 2.14. The second kappa shape index (κ2) is 7.31. The van der Waals surface area contributed by atoms with Crippen LogP contribution in [0, 0.1) is 11.6 Å². The molecular weight excluding hydrogens is 306 g/mol. The summed E-state index contributed by atoms with van der Waals surface area (Å²) in [7, 11) is 0. The monoisotopic (exact) mass is 318 g/mol. The summed E-state index contributed by atoms with van der Waals surface area (Å²) in [5.74, 6) is -3.25. The number of carbonyl (C=O) groups excluding carboxylic acids is 1. The van der Waals surface area contributed by atoms with Crippen LogP contribution >= 0.6 is 0 Å². The van der Waals surface area contributed by atoms with E-state index in [4.69, 9.17) is 9.84 Å². The average Bonchev–Trinajstić information content (AvgIpc) is 2.54. The third kappa shape index (κ3) is 4.74. The summed E-state index contributed by atoms with van der Waals surface area (Å²) in [6.07, 6.45) is 2.74. The average molecular weight is 318 g/mol. The van der Waals surface area contributed by atoms with Gasteiger partial charge in [-0.15, -0.1) is 0 Å². The van der Waals surface area contributed by atoms with Crippen LogP contribution in [0.25, 0.3) is 6.08 Å². The number of carbonyl (C=O) groups is 2. The van der Waals surface area contributed by atoms with Crippen molar-refractivity contribution in [1.82, 2.24) is 0 Å². The largest absolute Gasteiger partial charge is 0.482 e. The molecule has 0 aliphatic heterocycles. The molecule has 2 rings (SSSR count). The molecule has 0 saturated carbocycles. The predicted molar refractivity (Wildman–Crippen MR) is 79.3 cm³/mol. The zero-order valence-electron chi connectivity index (χ0n) is 11.8. The third-order valence-corrected chi connectivity index (χ3v) is 2.87. The molecule has 0 radical (unpaired) electrons. The molecule has 0 amide bonds. The van der Waals surface area contributed by atoms with Gasteiger partial charge in [0.05, 0.1) is 0 Å². The van der Waals surface area contributed by atoms with Crippen LogP contribution in [-0.2, 0) is 4.79 Å². The minimum absolute atomic E-state index is 0.0431. The van der Waals surface area contributed by atoms with E-state index in [9.17, 15) is 18.4 Å². The minimum atomic E-state index is -1.08. The van der Waals surface area contributed by atoms with E-state index in [1.54, 1.807) is 24.3 Å². The maximum Gasteiger partial charge on any atom is 0.341 e. The van der Waals surface area contributed by atoms with Crippen molar-refractivity contribution >= 4 is 17.8 Å². The lowest BCUT2D eigenvalue weighted by atomic mass is 10.1. The Bertz CT molecular complexity index is 752. The Labute approximate surface area is 130 Å². The maximum atomic E-state index is 13.1. The molecule has 4 nitrogen and oxygen atoms in total. The van der Waals surface area contributed by atoms with E-state index in [0.717, 1.165) is 12.1 Å². The SMILES string of the molecule is O=C(O)COc1ccc(/C=C/C(=O)c2ccc(F)c(F)c2)cc1. The molecule has 2 aromatic carbocycles. The molecular formula is C17H12F2O4. The van der Waals surface area contributed by atoms with Crippen molar-refractivity contribution in [3.8, 4) is 5.75 Å². The van der Waals surface area contributed by atoms with Gasteiger partial charge in [0.25, 0.3) is 0 Å². The van der Waals surface area contributed by atoms with Crippen molar-refractivity contribution in [2.45, 2.75) is 0 Å². The molecule has 0 atom stereocenters. The van der Waals surface area contributed by atoms with Gasteiger partial charge in [-0.3, -0.25) is 4.79 Å². The van der Waals surface area contributed by atoms with Crippen LogP contribution in [0.4, 0.5) is 8.78 Å². The van der Waals surface area contributed by atoms with Gasteiger partial charge in [0, 0.05) is 5.56 Å². The maximum absolute atomic E-state index is 13.1. The topological polar surface area (TPSA) is 63.6 Å². The number of hydrogen-bond donors (Lipinski definition) is 1. The fourth-order valence-electron chi connectivity index (χ4n) is 1.74. The third-order valence-electron chi connectivity index (χ3n) is 2.87. The normalized spacial score (nSPS) is 10.7. The van der Waals surface area contributed by atoms with E-state index < -0.39 is 30.0 Å². The predicted octanol–water partition coefficient (Wildman–Crippen LogP) is 3.32. The van der Waals surface area contributed by atoms with Crippen LogP contribution in [0.2, 0.25) is 0 Å². The Balaban J connectivity index is 2.03. The highest BCUT2D eigenvalue weighted by atomic mass is 19.2. The summed E-state index contributed by atoms with van der Waals surface area (Å²) < 4.78 is 30.9. The van der Waals surface area contributed by atoms with Gasteiger partial charge in [-0.25, -0.2) is 13.6 Å². The molecule has 0 aliphatic carbocycles. The van der Waals surface area contributed by atoms with Gasteiger partial charge in [-0.1, -0.05) is 18.2 Å². The van der Waals surface area contributed by atoms with Crippen molar-refractivity contribution in [3.63, 3.8) is 0 Å². The highest BCUT2D eigenvalue weighted by molar-refractivity contribution is 6.06. The number of halogens is 2. The van der Waals surface area contributed by atoms with Gasteiger partial charge in [-0.05, 0) is 42.0 Å². The first-order valence-electron chi connectivity index (χ1n) is 6.58. The van der Waals surface area contributed by atoms with Crippen LogP contribution in [0.1, 0.15) is 15.9 Å². The van der Waals surface area contributed by atoms with Gasteiger partial charge in [0.2, 0.25) is 0 Å². The molecule has 2 aromatic rings. The number of benzene rings is 2.